The summed E-state index contributed by atoms with van der Waals surface area (Å²) in [6, 6.07) is 25.9. The van der Waals surface area contributed by atoms with Crippen molar-refractivity contribution < 1.29 is 14.4 Å². The van der Waals surface area contributed by atoms with Gasteiger partial charge in [-0.3, -0.25) is 14.4 Å². The van der Waals surface area contributed by atoms with E-state index in [0.717, 1.165) is 11.1 Å². The highest BCUT2D eigenvalue weighted by molar-refractivity contribution is 5.94. The Balaban J connectivity index is 0.00000380. The molecule has 0 radical (unpaired) electrons. The lowest BCUT2D eigenvalue weighted by Crippen LogP contribution is -2.52. The number of halogens is 1. The van der Waals surface area contributed by atoms with Gasteiger partial charge in [-0.1, -0.05) is 91.0 Å². The Morgan fingerprint density at radius 3 is 1.78 bits per heavy atom. The van der Waals surface area contributed by atoms with Gasteiger partial charge in [-0.25, -0.2) is 0 Å². The van der Waals surface area contributed by atoms with Gasteiger partial charge in [0.15, 0.2) is 0 Å². The van der Waals surface area contributed by atoms with Crippen LogP contribution in [0.1, 0.15) is 48.5 Å². The summed E-state index contributed by atoms with van der Waals surface area (Å²) in [6.07, 6.45) is 1.25. The fraction of sp³-hybridized carbons (Fsp3) is 0.276. The molecule has 0 saturated carbocycles. The number of hydrogen-bond acceptors (Lipinski definition) is 4. The molecule has 4 rings (SSSR count). The smallest absolute Gasteiger partial charge is 0.250 e. The molecule has 3 aromatic carbocycles. The van der Waals surface area contributed by atoms with Crippen LogP contribution < -0.4 is 16.4 Å². The third-order valence-electron chi connectivity index (χ3n) is 6.47. The summed E-state index contributed by atoms with van der Waals surface area (Å²) in [5.74, 6) is -0.960. The molecule has 1 fully saturated rings. The normalized spacial score (nSPS) is 16.4. The fourth-order valence-corrected chi connectivity index (χ4v) is 4.56. The van der Waals surface area contributed by atoms with Crippen molar-refractivity contribution in [2.75, 3.05) is 6.54 Å². The molecule has 1 saturated heterocycles. The van der Waals surface area contributed by atoms with E-state index in [2.05, 4.69) is 10.6 Å². The summed E-state index contributed by atoms with van der Waals surface area (Å²) in [5.41, 5.74) is 8.32. The molecule has 4 N–H and O–H groups in total. The maximum atomic E-state index is 13.7. The minimum atomic E-state index is -0.919. The van der Waals surface area contributed by atoms with Crippen LogP contribution in [0.3, 0.4) is 0 Å². The Morgan fingerprint density at radius 1 is 0.811 bits per heavy atom. The Hall–Kier alpha value is -3.68. The van der Waals surface area contributed by atoms with Crippen LogP contribution in [-0.4, -0.2) is 41.2 Å². The van der Waals surface area contributed by atoms with Crippen molar-refractivity contribution in [2.24, 2.45) is 5.73 Å². The molecule has 7 nitrogen and oxygen atoms in total. The average Bonchev–Trinajstić information content (AvgIpc) is 3.41. The molecule has 194 valence electrons. The number of carbonyl (C=O) groups is 3. The van der Waals surface area contributed by atoms with E-state index in [1.165, 1.54) is 0 Å². The molecule has 3 aromatic rings. The van der Waals surface area contributed by atoms with Gasteiger partial charge < -0.3 is 21.3 Å². The second kappa shape index (κ2) is 13.0. The molecule has 0 bridgehead atoms. The monoisotopic (exact) mass is 520 g/mol. The maximum Gasteiger partial charge on any atom is 0.250 e. The van der Waals surface area contributed by atoms with Gasteiger partial charge >= 0.3 is 0 Å². The van der Waals surface area contributed by atoms with E-state index in [0.29, 0.717) is 24.9 Å². The first-order chi connectivity index (χ1) is 17.5. The van der Waals surface area contributed by atoms with E-state index in [-0.39, 0.29) is 30.3 Å². The number of benzene rings is 3. The summed E-state index contributed by atoms with van der Waals surface area (Å²) in [7, 11) is 0. The van der Waals surface area contributed by atoms with Crippen LogP contribution in [0.15, 0.2) is 91.0 Å². The molecule has 3 amide bonds. The quantitative estimate of drug-likeness (QED) is 0.422. The Morgan fingerprint density at radius 2 is 1.30 bits per heavy atom. The molecule has 0 aliphatic carbocycles. The van der Waals surface area contributed by atoms with E-state index in [1.807, 2.05) is 78.9 Å². The van der Waals surface area contributed by atoms with Gasteiger partial charge in [0, 0.05) is 6.54 Å². The molecule has 1 heterocycles. The highest BCUT2D eigenvalue weighted by Gasteiger charge is 2.39. The third kappa shape index (κ3) is 6.76. The lowest BCUT2D eigenvalue weighted by molar-refractivity contribution is -0.141. The van der Waals surface area contributed by atoms with E-state index >= 15 is 0 Å². The highest BCUT2D eigenvalue weighted by atomic mass is 35.5. The maximum absolute atomic E-state index is 13.7. The number of likely N-dealkylation sites (tertiary alicyclic amines) is 1. The number of hydrogen-bond donors (Lipinski definition) is 3. The topological polar surface area (TPSA) is 105 Å². The number of nitrogens with two attached hydrogens (primary N) is 1. The number of rotatable bonds is 8. The largest absolute Gasteiger partial charge is 0.343 e. The molecule has 0 aromatic heterocycles. The molecule has 1 aliphatic rings. The van der Waals surface area contributed by atoms with Crippen LogP contribution in [-0.2, 0) is 14.4 Å². The first-order valence-electron chi connectivity index (χ1n) is 12.3. The molecule has 37 heavy (non-hydrogen) atoms. The zero-order valence-electron chi connectivity index (χ0n) is 20.7. The van der Waals surface area contributed by atoms with E-state index in [1.54, 1.807) is 24.0 Å². The van der Waals surface area contributed by atoms with E-state index in [4.69, 9.17) is 5.73 Å². The van der Waals surface area contributed by atoms with Crippen LogP contribution >= 0.6 is 12.4 Å². The van der Waals surface area contributed by atoms with Crippen molar-refractivity contribution in [1.29, 1.82) is 0 Å². The molecular weight excluding hydrogens is 488 g/mol. The minimum Gasteiger partial charge on any atom is -0.343 e. The zero-order chi connectivity index (χ0) is 25.5. The van der Waals surface area contributed by atoms with Crippen LogP contribution in [0.5, 0.6) is 0 Å². The van der Waals surface area contributed by atoms with Gasteiger partial charge in [-0.2, -0.15) is 0 Å². The zero-order valence-corrected chi connectivity index (χ0v) is 21.6. The van der Waals surface area contributed by atoms with Gasteiger partial charge in [0.2, 0.25) is 17.7 Å². The molecular formula is C29H33ClN4O3. The van der Waals surface area contributed by atoms with Crippen molar-refractivity contribution >= 4 is 30.1 Å². The molecule has 8 heteroatoms. The second-order valence-electron chi connectivity index (χ2n) is 9.09. The summed E-state index contributed by atoms with van der Waals surface area (Å²) in [6.45, 7) is 2.01. The van der Waals surface area contributed by atoms with Gasteiger partial charge in [-0.05, 0) is 36.5 Å². The average molecular weight is 521 g/mol. The molecule has 1 aliphatic heterocycles. The molecule has 0 spiro atoms. The summed E-state index contributed by atoms with van der Waals surface area (Å²) in [4.78, 5) is 41.3. The third-order valence-corrected chi connectivity index (χ3v) is 6.47. The second-order valence-corrected chi connectivity index (χ2v) is 9.09. The number of amides is 3. The van der Waals surface area contributed by atoms with Crippen LogP contribution in [0, 0.1) is 0 Å². The Kier molecular flexibility index (Phi) is 9.83. The first-order valence-corrected chi connectivity index (χ1v) is 12.3. The van der Waals surface area contributed by atoms with Crippen LogP contribution in [0.25, 0.3) is 0 Å². The van der Waals surface area contributed by atoms with Crippen molar-refractivity contribution in [3.63, 3.8) is 0 Å². The highest BCUT2D eigenvalue weighted by Crippen LogP contribution is 2.27. The molecule has 0 unspecified atom stereocenters. The molecule has 3 atom stereocenters. The van der Waals surface area contributed by atoms with Crippen molar-refractivity contribution in [1.82, 2.24) is 15.5 Å². The van der Waals surface area contributed by atoms with Crippen LogP contribution in [0.4, 0.5) is 0 Å². The Bertz CT molecular complexity index is 1140. The standard InChI is InChI=1S/C29H32N4O3.ClH/c1-20(30)27(34)32-26(23-16-9-4-10-17-23)29(36)33-19-11-18-24(33)28(35)31-25(21-12-5-2-6-13-21)22-14-7-3-8-15-22;/h2-10,12-17,20,24-26H,11,18-19,30H2,1H3,(H,31,35)(H,32,34);1H/t20-,24-,26-;/m0./s1. The van der Waals surface area contributed by atoms with Gasteiger partial charge in [0.05, 0.1) is 12.1 Å². The lowest BCUT2D eigenvalue weighted by atomic mass is 9.98. The summed E-state index contributed by atoms with van der Waals surface area (Å²) in [5, 5.41) is 5.95. The Labute approximate surface area is 223 Å². The van der Waals surface area contributed by atoms with Crippen molar-refractivity contribution in [3.05, 3.63) is 108 Å². The lowest BCUT2D eigenvalue weighted by Gasteiger charge is -2.30. The fourth-order valence-electron chi connectivity index (χ4n) is 4.56. The predicted molar refractivity (Wildman–Crippen MR) is 146 cm³/mol. The number of nitrogens with zero attached hydrogens (tertiary/aromatic N) is 1. The number of carbonyl (C=O) groups excluding carboxylic acids is 3. The summed E-state index contributed by atoms with van der Waals surface area (Å²) < 4.78 is 0. The van der Waals surface area contributed by atoms with Crippen LogP contribution in [0.2, 0.25) is 0 Å². The first kappa shape index (κ1) is 27.9. The van der Waals surface area contributed by atoms with Gasteiger partial charge in [0.1, 0.15) is 12.1 Å². The number of nitrogens with one attached hydrogen (secondary N) is 2. The van der Waals surface area contributed by atoms with Crippen molar-refractivity contribution in [2.45, 2.75) is 43.9 Å². The predicted octanol–water partition coefficient (Wildman–Crippen LogP) is 3.51. The van der Waals surface area contributed by atoms with Gasteiger partial charge in [-0.15, -0.1) is 12.4 Å². The van der Waals surface area contributed by atoms with Gasteiger partial charge in [0.25, 0.3) is 0 Å². The minimum absolute atomic E-state index is 0. The summed E-state index contributed by atoms with van der Waals surface area (Å²) >= 11 is 0. The van der Waals surface area contributed by atoms with Crippen molar-refractivity contribution in [3.8, 4) is 0 Å². The van der Waals surface area contributed by atoms with E-state index in [9.17, 15) is 14.4 Å². The SMILES string of the molecule is C[C@H](N)C(=O)N[C@H](C(=O)N1CCC[C@H]1C(=O)NC(c1ccccc1)c1ccccc1)c1ccccc1.Cl. The van der Waals surface area contributed by atoms with E-state index < -0.39 is 24.0 Å².